The van der Waals surface area contributed by atoms with Crippen LogP contribution >= 0.6 is 11.6 Å². The van der Waals surface area contributed by atoms with Crippen LogP contribution < -0.4 is 10.1 Å². The lowest BCUT2D eigenvalue weighted by Crippen LogP contribution is -2.47. The van der Waals surface area contributed by atoms with Crippen molar-refractivity contribution >= 4 is 33.1 Å². The molecule has 1 heterocycles. The first-order valence-corrected chi connectivity index (χ1v) is 15.4. The van der Waals surface area contributed by atoms with Gasteiger partial charge in [-0.3, -0.25) is 14.3 Å². The summed E-state index contributed by atoms with van der Waals surface area (Å²) in [7, 11) is -3.27. The zero-order valence-corrected chi connectivity index (χ0v) is 24.2. The van der Waals surface area contributed by atoms with Crippen molar-refractivity contribution in [1.29, 1.82) is 0 Å². The molecule has 0 saturated heterocycles. The minimum Gasteiger partial charge on any atom is -0.434 e. The van der Waals surface area contributed by atoms with Gasteiger partial charge in [-0.05, 0) is 57.6 Å². The average molecular weight is 642 g/mol. The van der Waals surface area contributed by atoms with Crippen molar-refractivity contribution in [2.45, 2.75) is 75.6 Å². The molecule has 2 aromatic rings. The van der Waals surface area contributed by atoms with E-state index in [9.17, 15) is 45.1 Å². The van der Waals surface area contributed by atoms with Gasteiger partial charge in [0.15, 0.2) is 11.5 Å². The maximum Gasteiger partial charge on any atom is 0.401 e. The summed E-state index contributed by atoms with van der Waals surface area (Å²) < 4.78 is 96.6. The van der Waals surface area contributed by atoms with E-state index in [1.165, 1.54) is 4.68 Å². The van der Waals surface area contributed by atoms with E-state index in [1.807, 2.05) is 0 Å². The Morgan fingerprint density at radius 1 is 1.21 bits per heavy atom. The summed E-state index contributed by atoms with van der Waals surface area (Å²) in [6, 6.07) is 2.95. The molecule has 2 aliphatic rings. The Hall–Kier alpha value is -2.78. The molecule has 1 amide bonds. The molecule has 0 unspecified atom stereocenters. The number of aryl methyl sites for hydroxylation is 1. The van der Waals surface area contributed by atoms with E-state index in [0.29, 0.717) is 0 Å². The van der Waals surface area contributed by atoms with Crippen molar-refractivity contribution in [2.75, 3.05) is 12.8 Å². The highest BCUT2D eigenvalue weighted by Gasteiger charge is 2.68. The Labute approximate surface area is 243 Å². The third-order valence-electron chi connectivity index (χ3n) is 7.90. The van der Waals surface area contributed by atoms with Gasteiger partial charge in [-0.15, -0.1) is 0 Å². The van der Waals surface area contributed by atoms with Gasteiger partial charge in [0, 0.05) is 30.5 Å². The molecule has 2 aliphatic carbocycles. The van der Waals surface area contributed by atoms with Crippen LogP contribution in [0.1, 0.15) is 66.3 Å². The van der Waals surface area contributed by atoms with Gasteiger partial charge in [0.05, 0.1) is 21.6 Å². The number of sulfone groups is 1. The predicted molar refractivity (Wildman–Crippen MR) is 141 cm³/mol. The summed E-state index contributed by atoms with van der Waals surface area (Å²) in [6.45, 7) is -1.93. The van der Waals surface area contributed by atoms with Crippen LogP contribution in [0.5, 0.6) is 5.75 Å². The lowest BCUT2D eigenvalue weighted by molar-refractivity contribution is -0.171. The normalized spacial score (nSPS) is 22.2. The zero-order chi connectivity index (χ0) is 31.3. The van der Waals surface area contributed by atoms with Crippen LogP contribution in [0.25, 0.3) is 11.3 Å². The second kappa shape index (κ2) is 11.4. The molecular weight excluding hydrogens is 613 g/mol. The van der Waals surface area contributed by atoms with E-state index in [1.54, 1.807) is 6.92 Å². The smallest absolute Gasteiger partial charge is 0.401 e. The molecule has 42 heavy (non-hydrogen) atoms. The summed E-state index contributed by atoms with van der Waals surface area (Å²) in [5, 5.41) is 16.7. The lowest BCUT2D eigenvalue weighted by Gasteiger charge is -2.35. The Morgan fingerprint density at radius 2 is 1.83 bits per heavy atom. The molecule has 9 nitrogen and oxygen atoms in total. The van der Waals surface area contributed by atoms with E-state index in [0.717, 1.165) is 24.5 Å². The Bertz CT molecular complexity index is 1480. The number of nitrogens with zero attached hydrogens (tertiary/aromatic N) is 2. The average Bonchev–Trinajstić information content (AvgIpc) is 3.65. The van der Waals surface area contributed by atoms with Crippen LogP contribution in [0.4, 0.5) is 22.0 Å². The first kappa shape index (κ1) is 32.1. The molecule has 16 heteroatoms. The van der Waals surface area contributed by atoms with Gasteiger partial charge in [0.2, 0.25) is 0 Å². The van der Waals surface area contributed by atoms with Gasteiger partial charge in [0.25, 0.3) is 5.91 Å². The molecule has 0 atom stereocenters. The molecule has 0 spiro atoms. The maximum atomic E-state index is 13.5. The summed E-state index contributed by atoms with van der Waals surface area (Å²) in [5.41, 5.74) is -4.92. The summed E-state index contributed by atoms with van der Waals surface area (Å²) >= 11 is 6.48. The SMILES string of the molecule is CCn1nc(C(=O)NC[C@]2(O)CC[C@@H](S(C)(=O)=O)CC2)c(Cl)c1-c1ccc(C(=O)C2(C(F)(F)F)CC2)cc1OC(F)F. The third-order valence-corrected chi connectivity index (χ3v) is 9.94. The fourth-order valence-electron chi connectivity index (χ4n) is 5.23. The fraction of sp³-hybridized carbons (Fsp3) is 0.577. The summed E-state index contributed by atoms with van der Waals surface area (Å²) in [4.78, 5) is 25.8. The quantitative estimate of drug-likeness (QED) is 0.282. The predicted octanol–water partition coefficient (Wildman–Crippen LogP) is 4.80. The van der Waals surface area contributed by atoms with E-state index in [2.05, 4.69) is 15.2 Å². The molecule has 0 aliphatic heterocycles. The zero-order valence-electron chi connectivity index (χ0n) is 22.6. The van der Waals surface area contributed by atoms with Crippen molar-refractivity contribution in [1.82, 2.24) is 15.1 Å². The highest BCUT2D eigenvalue weighted by atomic mass is 35.5. The van der Waals surface area contributed by atoms with Gasteiger partial charge >= 0.3 is 12.8 Å². The van der Waals surface area contributed by atoms with Crippen LogP contribution in [0.2, 0.25) is 5.02 Å². The van der Waals surface area contributed by atoms with Crippen molar-refractivity contribution in [3.8, 4) is 17.0 Å². The summed E-state index contributed by atoms with van der Waals surface area (Å²) in [5.74, 6) is -2.70. The Morgan fingerprint density at radius 3 is 2.33 bits per heavy atom. The molecular formula is C26H29ClF5N3O6S. The molecule has 0 bridgehead atoms. The number of carbonyl (C=O) groups excluding carboxylic acids is 2. The number of aliphatic hydroxyl groups is 1. The highest BCUT2D eigenvalue weighted by Crippen LogP contribution is 2.59. The molecule has 4 rings (SSSR count). The second-order valence-corrected chi connectivity index (χ2v) is 13.5. The topological polar surface area (TPSA) is 128 Å². The van der Waals surface area contributed by atoms with Crippen LogP contribution in [0, 0.1) is 5.41 Å². The number of Topliss-reactive ketones (excluding diaryl/α,β-unsaturated/α-hetero) is 1. The maximum absolute atomic E-state index is 13.5. The van der Waals surface area contributed by atoms with Crippen molar-refractivity contribution < 1.29 is 49.8 Å². The van der Waals surface area contributed by atoms with E-state index < -0.39 is 74.7 Å². The van der Waals surface area contributed by atoms with Crippen molar-refractivity contribution in [3.05, 3.63) is 34.5 Å². The number of ether oxygens (including phenoxy) is 1. The molecule has 2 N–H and O–H groups in total. The van der Waals surface area contributed by atoms with Crippen molar-refractivity contribution in [3.63, 3.8) is 0 Å². The fourth-order valence-corrected chi connectivity index (χ4v) is 6.64. The van der Waals surface area contributed by atoms with E-state index in [-0.39, 0.29) is 60.7 Å². The van der Waals surface area contributed by atoms with Gasteiger partial charge < -0.3 is 15.2 Å². The van der Waals surface area contributed by atoms with Crippen LogP contribution in [-0.4, -0.2) is 71.4 Å². The number of nitrogens with one attached hydrogen (secondary N) is 1. The monoisotopic (exact) mass is 641 g/mol. The number of hydrogen-bond donors (Lipinski definition) is 2. The molecule has 0 radical (unpaired) electrons. The number of ketones is 1. The van der Waals surface area contributed by atoms with E-state index >= 15 is 0 Å². The van der Waals surface area contributed by atoms with Gasteiger partial charge in [-0.25, -0.2) is 8.42 Å². The summed E-state index contributed by atoms with van der Waals surface area (Å²) in [6.07, 6.45) is -3.82. The molecule has 2 fully saturated rings. The Kier molecular flexibility index (Phi) is 8.71. The molecule has 1 aromatic heterocycles. The molecule has 232 valence electrons. The van der Waals surface area contributed by atoms with Crippen LogP contribution in [0.3, 0.4) is 0 Å². The number of carbonyl (C=O) groups is 2. The number of amides is 1. The standard InChI is InChI=1S/C26H29ClF5N3O6S/c1-3-35-20(16-5-4-14(12-17(16)41-23(28)29)21(36)25(10-11-25)26(30,31)32)18(27)19(34-35)22(37)33-13-24(38)8-6-15(7-9-24)42(2,39)40/h4-5,12,15,23,38H,3,6-11,13H2,1-2H3,(H,33,37)/t15-,24+. The highest BCUT2D eigenvalue weighted by molar-refractivity contribution is 7.91. The lowest BCUT2D eigenvalue weighted by atomic mass is 9.84. The number of alkyl halides is 5. The Balaban J connectivity index is 1.61. The van der Waals surface area contributed by atoms with E-state index in [4.69, 9.17) is 11.6 Å². The van der Waals surface area contributed by atoms with Crippen LogP contribution in [-0.2, 0) is 16.4 Å². The van der Waals surface area contributed by atoms with Crippen LogP contribution in [0.15, 0.2) is 18.2 Å². The second-order valence-electron chi connectivity index (χ2n) is 10.8. The minimum absolute atomic E-state index is 0.0525. The number of halogens is 6. The number of benzene rings is 1. The third kappa shape index (κ3) is 6.27. The number of hydrogen-bond acceptors (Lipinski definition) is 7. The first-order chi connectivity index (χ1) is 19.4. The minimum atomic E-state index is -4.81. The molecule has 1 aromatic carbocycles. The van der Waals surface area contributed by atoms with Gasteiger partial charge in [-0.2, -0.15) is 27.1 Å². The molecule has 2 saturated carbocycles. The van der Waals surface area contributed by atoms with Gasteiger partial charge in [0.1, 0.15) is 21.0 Å². The number of aromatic nitrogens is 2. The van der Waals surface area contributed by atoms with Gasteiger partial charge in [-0.1, -0.05) is 17.7 Å². The first-order valence-electron chi connectivity index (χ1n) is 13.1. The van der Waals surface area contributed by atoms with Crippen molar-refractivity contribution in [2.24, 2.45) is 5.41 Å². The number of rotatable bonds is 10. The largest absolute Gasteiger partial charge is 0.434 e.